The molecule has 0 saturated heterocycles. The van der Waals surface area contributed by atoms with Crippen LogP contribution in [-0.4, -0.2) is 29.8 Å². The van der Waals surface area contributed by atoms with Crippen LogP contribution in [0.3, 0.4) is 0 Å². The van der Waals surface area contributed by atoms with Gasteiger partial charge in [-0.15, -0.1) is 0 Å². The van der Waals surface area contributed by atoms with Gasteiger partial charge in [0.2, 0.25) is 17.7 Å². The Labute approximate surface area is 178 Å². The molecule has 0 aliphatic carbocycles. The third-order valence-corrected chi connectivity index (χ3v) is 4.90. The standard InChI is InChI=1S/C24H31N3O3/c1-16(28)26-21(15-17-8-6-5-7-9-17)23(30)27-20(22(25)29)14-18-10-12-19(13-11-18)24(2,3)4/h5-13,20-21H,14-15H2,1-4H3,(H2,25,29)(H,26,28)(H,27,30)/t20-,21-/m0/s1. The van der Waals surface area contributed by atoms with Crippen molar-refractivity contribution in [2.45, 2.75) is 58.0 Å². The molecule has 160 valence electrons. The fourth-order valence-electron chi connectivity index (χ4n) is 3.18. The summed E-state index contributed by atoms with van der Waals surface area (Å²) in [5.41, 5.74) is 8.55. The molecule has 0 spiro atoms. The highest BCUT2D eigenvalue weighted by Crippen LogP contribution is 2.22. The van der Waals surface area contributed by atoms with Gasteiger partial charge in [-0.3, -0.25) is 14.4 Å². The van der Waals surface area contributed by atoms with Crippen LogP contribution >= 0.6 is 0 Å². The lowest BCUT2D eigenvalue weighted by atomic mass is 9.86. The lowest BCUT2D eigenvalue weighted by Crippen LogP contribution is -2.54. The molecule has 0 saturated carbocycles. The number of carbonyl (C=O) groups excluding carboxylic acids is 3. The van der Waals surface area contributed by atoms with Crippen molar-refractivity contribution in [3.8, 4) is 0 Å². The summed E-state index contributed by atoms with van der Waals surface area (Å²) in [7, 11) is 0. The molecular weight excluding hydrogens is 378 g/mol. The fraction of sp³-hybridized carbons (Fsp3) is 0.375. The molecular formula is C24H31N3O3. The molecule has 30 heavy (non-hydrogen) atoms. The number of rotatable bonds is 8. The van der Waals surface area contributed by atoms with E-state index in [-0.39, 0.29) is 17.7 Å². The van der Waals surface area contributed by atoms with E-state index in [9.17, 15) is 14.4 Å². The number of hydrogen-bond donors (Lipinski definition) is 3. The van der Waals surface area contributed by atoms with Gasteiger partial charge in [0.25, 0.3) is 0 Å². The highest BCUT2D eigenvalue weighted by molar-refractivity contribution is 5.91. The first-order chi connectivity index (χ1) is 14.1. The maximum absolute atomic E-state index is 12.8. The summed E-state index contributed by atoms with van der Waals surface area (Å²) in [5, 5.41) is 5.36. The Morgan fingerprint density at radius 2 is 1.37 bits per heavy atom. The van der Waals surface area contributed by atoms with Crippen LogP contribution in [0.2, 0.25) is 0 Å². The minimum absolute atomic E-state index is 0.0266. The van der Waals surface area contributed by atoms with Crippen LogP contribution in [0.4, 0.5) is 0 Å². The zero-order valence-corrected chi connectivity index (χ0v) is 18.1. The van der Waals surface area contributed by atoms with Crippen LogP contribution in [0.1, 0.15) is 44.4 Å². The van der Waals surface area contributed by atoms with Crippen LogP contribution in [0.25, 0.3) is 0 Å². The Morgan fingerprint density at radius 1 is 0.833 bits per heavy atom. The van der Waals surface area contributed by atoms with Gasteiger partial charge < -0.3 is 16.4 Å². The molecule has 0 heterocycles. The second-order valence-corrected chi connectivity index (χ2v) is 8.56. The van der Waals surface area contributed by atoms with Crippen molar-refractivity contribution < 1.29 is 14.4 Å². The third kappa shape index (κ3) is 7.03. The Morgan fingerprint density at radius 3 is 1.87 bits per heavy atom. The molecule has 6 nitrogen and oxygen atoms in total. The van der Waals surface area contributed by atoms with Crippen molar-refractivity contribution in [2.75, 3.05) is 0 Å². The summed E-state index contributed by atoms with van der Waals surface area (Å²) in [6.45, 7) is 7.74. The first-order valence-corrected chi connectivity index (χ1v) is 10.1. The van der Waals surface area contributed by atoms with Gasteiger partial charge >= 0.3 is 0 Å². The normalized spacial score (nSPS) is 13.2. The molecule has 4 N–H and O–H groups in total. The lowest BCUT2D eigenvalue weighted by Gasteiger charge is -2.22. The van der Waals surface area contributed by atoms with E-state index in [0.717, 1.165) is 11.1 Å². The van der Waals surface area contributed by atoms with Gasteiger partial charge in [-0.25, -0.2) is 0 Å². The molecule has 2 aromatic carbocycles. The predicted molar refractivity (Wildman–Crippen MR) is 118 cm³/mol. The predicted octanol–water partition coefficient (Wildman–Crippen LogP) is 2.24. The average molecular weight is 410 g/mol. The number of amides is 3. The molecule has 0 radical (unpaired) electrons. The Bertz CT molecular complexity index is 871. The van der Waals surface area contributed by atoms with Crippen LogP contribution in [0, 0.1) is 0 Å². The van der Waals surface area contributed by atoms with Crippen molar-refractivity contribution in [3.05, 3.63) is 71.3 Å². The first-order valence-electron chi connectivity index (χ1n) is 10.1. The Kier molecular flexibility index (Phi) is 7.75. The maximum atomic E-state index is 12.8. The summed E-state index contributed by atoms with van der Waals surface area (Å²) in [5.74, 6) is -1.38. The summed E-state index contributed by atoms with van der Waals surface area (Å²) in [4.78, 5) is 36.4. The van der Waals surface area contributed by atoms with Gasteiger partial charge in [0.15, 0.2) is 0 Å². The Hall–Kier alpha value is -3.15. The van der Waals surface area contributed by atoms with Crippen molar-refractivity contribution in [2.24, 2.45) is 5.73 Å². The summed E-state index contributed by atoms with van der Waals surface area (Å²) in [6.07, 6.45) is 0.599. The van der Waals surface area contributed by atoms with E-state index in [1.165, 1.54) is 12.5 Å². The number of nitrogens with two attached hydrogens (primary N) is 1. The number of nitrogens with one attached hydrogen (secondary N) is 2. The van der Waals surface area contributed by atoms with E-state index in [1.807, 2.05) is 54.6 Å². The van der Waals surface area contributed by atoms with E-state index < -0.39 is 23.9 Å². The van der Waals surface area contributed by atoms with Crippen LogP contribution in [0.5, 0.6) is 0 Å². The largest absolute Gasteiger partial charge is 0.368 e. The SMILES string of the molecule is CC(=O)N[C@@H](Cc1ccccc1)C(=O)N[C@@H](Cc1ccc(C(C)(C)C)cc1)C(N)=O. The van der Waals surface area contributed by atoms with Gasteiger partial charge in [0.05, 0.1) is 0 Å². The molecule has 6 heteroatoms. The number of primary amides is 1. The second kappa shape index (κ2) is 10.1. The molecule has 0 aliphatic heterocycles. The molecule has 2 atom stereocenters. The topological polar surface area (TPSA) is 101 Å². The quantitative estimate of drug-likeness (QED) is 0.623. The highest BCUT2D eigenvalue weighted by Gasteiger charge is 2.25. The zero-order valence-electron chi connectivity index (χ0n) is 18.1. The zero-order chi connectivity index (χ0) is 22.3. The molecule has 0 unspecified atom stereocenters. The van der Waals surface area contributed by atoms with Crippen LogP contribution < -0.4 is 16.4 Å². The first kappa shape index (κ1) is 23.1. The molecule has 0 aromatic heterocycles. The lowest BCUT2D eigenvalue weighted by molar-refractivity contribution is -0.130. The van der Waals surface area contributed by atoms with Crippen molar-refractivity contribution in [3.63, 3.8) is 0 Å². The third-order valence-electron chi connectivity index (χ3n) is 4.90. The van der Waals surface area contributed by atoms with Gasteiger partial charge in [-0.2, -0.15) is 0 Å². The van der Waals surface area contributed by atoms with E-state index in [4.69, 9.17) is 5.73 Å². The molecule has 0 aliphatic rings. The maximum Gasteiger partial charge on any atom is 0.243 e. The molecule has 0 bridgehead atoms. The minimum atomic E-state index is -0.870. The summed E-state index contributed by atoms with van der Waals surface area (Å²) in [6, 6.07) is 15.6. The second-order valence-electron chi connectivity index (χ2n) is 8.56. The van der Waals surface area contributed by atoms with E-state index >= 15 is 0 Å². The highest BCUT2D eigenvalue weighted by atomic mass is 16.2. The number of carbonyl (C=O) groups is 3. The van der Waals surface area contributed by atoms with Gasteiger partial charge in [-0.1, -0.05) is 75.4 Å². The van der Waals surface area contributed by atoms with Crippen molar-refractivity contribution >= 4 is 17.7 Å². The molecule has 2 rings (SSSR count). The van der Waals surface area contributed by atoms with Crippen molar-refractivity contribution in [1.82, 2.24) is 10.6 Å². The monoisotopic (exact) mass is 409 g/mol. The minimum Gasteiger partial charge on any atom is -0.368 e. The van der Waals surface area contributed by atoms with Gasteiger partial charge in [0.1, 0.15) is 12.1 Å². The van der Waals surface area contributed by atoms with Gasteiger partial charge in [0, 0.05) is 19.8 Å². The average Bonchev–Trinajstić information content (AvgIpc) is 2.67. The van der Waals surface area contributed by atoms with Gasteiger partial charge in [-0.05, 0) is 22.1 Å². The number of hydrogen-bond acceptors (Lipinski definition) is 3. The molecule has 0 fully saturated rings. The Balaban J connectivity index is 2.11. The van der Waals surface area contributed by atoms with Crippen LogP contribution in [0.15, 0.2) is 54.6 Å². The van der Waals surface area contributed by atoms with E-state index in [2.05, 4.69) is 31.4 Å². The van der Waals surface area contributed by atoms with Crippen molar-refractivity contribution in [1.29, 1.82) is 0 Å². The fourth-order valence-corrected chi connectivity index (χ4v) is 3.18. The van der Waals surface area contributed by atoms with E-state index in [1.54, 1.807) is 0 Å². The summed E-state index contributed by atoms with van der Waals surface area (Å²) >= 11 is 0. The van der Waals surface area contributed by atoms with E-state index in [0.29, 0.717) is 6.42 Å². The molecule has 3 amide bonds. The number of benzene rings is 2. The molecule has 2 aromatic rings. The smallest absolute Gasteiger partial charge is 0.243 e. The van der Waals surface area contributed by atoms with Crippen LogP contribution in [-0.2, 0) is 32.6 Å². The summed E-state index contributed by atoms with van der Waals surface area (Å²) < 4.78 is 0.